The van der Waals surface area contributed by atoms with Crippen molar-refractivity contribution in [2.24, 2.45) is 7.05 Å². The van der Waals surface area contributed by atoms with Crippen LogP contribution in [0.5, 0.6) is 0 Å². The highest BCUT2D eigenvalue weighted by Crippen LogP contribution is 2.25. The minimum atomic E-state index is -0.471. The lowest BCUT2D eigenvalue weighted by atomic mass is 10.2. The number of imidazole rings is 1. The van der Waals surface area contributed by atoms with E-state index in [0.717, 1.165) is 44.0 Å². The summed E-state index contributed by atoms with van der Waals surface area (Å²) in [7, 11) is 1.63. The summed E-state index contributed by atoms with van der Waals surface area (Å²) in [6.07, 6.45) is 0.747. The molecule has 1 saturated heterocycles. The molecule has 1 N–H and O–H groups in total. The van der Waals surface area contributed by atoms with Gasteiger partial charge in [0.15, 0.2) is 11.2 Å². The van der Waals surface area contributed by atoms with Crippen LogP contribution in [0.4, 0.5) is 11.6 Å². The van der Waals surface area contributed by atoms with Crippen LogP contribution in [0.3, 0.4) is 0 Å². The highest BCUT2D eigenvalue weighted by molar-refractivity contribution is 7.99. The second kappa shape index (κ2) is 10.8. The van der Waals surface area contributed by atoms with E-state index in [4.69, 9.17) is 4.98 Å². The van der Waals surface area contributed by atoms with Crippen molar-refractivity contribution in [2.75, 3.05) is 41.7 Å². The van der Waals surface area contributed by atoms with Gasteiger partial charge in [0.25, 0.3) is 5.56 Å². The molecule has 39 heavy (non-hydrogen) atoms. The number of tetrazole rings is 1. The number of thioether (sulfide) groups is 1. The van der Waals surface area contributed by atoms with Crippen molar-refractivity contribution in [1.82, 2.24) is 39.3 Å². The third kappa shape index (κ3) is 4.92. The number of benzene rings is 2. The van der Waals surface area contributed by atoms with E-state index in [1.54, 1.807) is 23.5 Å². The molecule has 200 valence electrons. The second-order valence-electron chi connectivity index (χ2n) is 9.27. The molecular formula is C26H28N10O2S. The first-order valence-electron chi connectivity index (χ1n) is 12.8. The van der Waals surface area contributed by atoms with Gasteiger partial charge in [-0.1, -0.05) is 48.2 Å². The van der Waals surface area contributed by atoms with Gasteiger partial charge in [-0.2, -0.15) is 9.67 Å². The summed E-state index contributed by atoms with van der Waals surface area (Å²) in [5.74, 6) is 1.45. The Morgan fingerprint density at radius 1 is 0.897 bits per heavy atom. The smallest absolute Gasteiger partial charge is 0.329 e. The molecule has 0 spiro atoms. The summed E-state index contributed by atoms with van der Waals surface area (Å²) in [4.78, 5) is 37.0. The Kier molecular flexibility index (Phi) is 6.88. The molecule has 4 heterocycles. The molecule has 0 radical (unpaired) electrons. The third-order valence-corrected chi connectivity index (χ3v) is 7.88. The van der Waals surface area contributed by atoms with Gasteiger partial charge in [-0.25, -0.2) is 4.79 Å². The predicted octanol–water partition coefficient (Wildman–Crippen LogP) is 1.91. The molecule has 12 nitrogen and oxygen atoms in total. The number of fused-ring (bicyclic) bond motifs is 1. The number of rotatable bonds is 8. The van der Waals surface area contributed by atoms with E-state index in [9.17, 15) is 9.59 Å². The zero-order chi connectivity index (χ0) is 26.8. The zero-order valence-corrected chi connectivity index (χ0v) is 22.3. The minimum absolute atomic E-state index is 0.393. The number of hydrogen-bond acceptors (Lipinski definition) is 9. The highest BCUT2D eigenvalue weighted by Gasteiger charge is 2.25. The first kappa shape index (κ1) is 24.9. The van der Waals surface area contributed by atoms with Gasteiger partial charge in [0, 0.05) is 51.2 Å². The maximum Gasteiger partial charge on any atom is 0.329 e. The van der Waals surface area contributed by atoms with Crippen LogP contribution >= 0.6 is 11.8 Å². The van der Waals surface area contributed by atoms with Crippen LogP contribution in [0.25, 0.3) is 16.9 Å². The average molecular weight is 545 g/mol. The number of para-hydroxylation sites is 2. The summed E-state index contributed by atoms with van der Waals surface area (Å²) in [5.41, 5.74) is 2.01. The largest absolute Gasteiger partial charge is 0.368 e. The van der Waals surface area contributed by atoms with E-state index in [2.05, 4.69) is 42.4 Å². The highest BCUT2D eigenvalue weighted by atomic mass is 32.2. The molecule has 1 aliphatic rings. The number of anilines is 2. The van der Waals surface area contributed by atoms with Crippen LogP contribution in [0.15, 0.2) is 75.4 Å². The first-order chi connectivity index (χ1) is 19.1. The van der Waals surface area contributed by atoms with Crippen LogP contribution < -0.4 is 21.0 Å². The molecule has 1 fully saturated rings. The maximum atomic E-state index is 12.9. The molecule has 0 atom stereocenters. The van der Waals surface area contributed by atoms with Crippen LogP contribution in [-0.4, -0.2) is 71.2 Å². The Balaban J connectivity index is 1.22. The Morgan fingerprint density at radius 2 is 1.56 bits per heavy atom. The van der Waals surface area contributed by atoms with Crippen LogP contribution in [0, 0.1) is 0 Å². The normalized spacial score (nSPS) is 13.9. The fourth-order valence-electron chi connectivity index (χ4n) is 4.87. The van der Waals surface area contributed by atoms with Crippen LogP contribution in [0.1, 0.15) is 6.42 Å². The van der Waals surface area contributed by atoms with Gasteiger partial charge >= 0.3 is 5.69 Å². The predicted molar refractivity (Wildman–Crippen MR) is 151 cm³/mol. The van der Waals surface area contributed by atoms with Crippen molar-refractivity contribution in [1.29, 1.82) is 0 Å². The van der Waals surface area contributed by atoms with Crippen LogP contribution in [0.2, 0.25) is 0 Å². The quantitative estimate of drug-likeness (QED) is 0.231. The summed E-state index contributed by atoms with van der Waals surface area (Å²) in [6.45, 7) is 3.74. The van der Waals surface area contributed by atoms with Crippen molar-refractivity contribution in [3.05, 3.63) is 81.5 Å². The van der Waals surface area contributed by atoms with Gasteiger partial charge in [0.2, 0.25) is 11.1 Å². The van der Waals surface area contributed by atoms with Crippen molar-refractivity contribution < 1.29 is 0 Å². The number of nitrogens with zero attached hydrogens (tertiary/aromatic N) is 9. The average Bonchev–Trinajstić information content (AvgIpc) is 3.61. The molecule has 0 saturated carbocycles. The number of H-pyrrole nitrogens is 1. The van der Waals surface area contributed by atoms with E-state index in [0.29, 0.717) is 28.8 Å². The van der Waals surface area contributed by atoms with Gasteiger partial charge in [-0.15, -0.1) is 5.10 Å². The summed E-state index contributed by atoms with van der Waals surface area (Å²) in [5, 5.41) is 12.8. The molecule has 0 amide bonds. The summed E-state index contributed by atoms with van der Waals surface area (Å²) < 4.78 is 5.07. The summed E-state index contributed by atoms with van der Waals surface area (Å²) >= 11 is 1.56. The topological polar surface area (TPSA) is 123 Å². The molecule has 3 aromatic heterocycles. The Labute approximate surface area is 227 Å². The lowest BCUT2D eigenvalue weighted by molar-refractivity contribution is 0.610. The summed E-state index contributed by atoms with van der Waals surface area (Å²) in [6, 6.07) is 20.1. The number of aryl methyl sites for hydroxylation is 2. The maximum absolute atomic E-state index is 12.9. The van der Waals surface area contributed by atoms with Gasteiger partial charge in [0.1, 0.15) is 0 Å². The third-order valence-electron chi connectivity index (χ3n) is 6.87. The van der Waals surface area contributed by atoms with Gasteiger partial charge in [-0.05, 0) is 41.1 Å². The monoisotopic (exact) mass is 544 g/mol. The number of nitrogens with one attached hydrogen (secondary N) is 1. The number of aromatic nitrogens is 8. The molecule has 0 aliphatic carbocycles. The number of piperazine rings is 1. The van der Waals surface area contributed by atoms with E-state index >= 15 is 0 Å². The van der Waals surface area contributed by atoms with E-state index < -0.39 is 11.2 Å². The van der Waals surface area contributed by atoms with Gasteiger partial charge in [-0.3, -0.25) is 14.3 Å². The fourth-order valence-corrected chi connectivity index (χ4v) is 5.68. The van der Waals surface area contributed by atoms with Crippen molar-refractivity contribution in [3.8, 4) is 5.69 Å². The van der Waals surface area contributed by atoms with Crippen molar-refractivity contribution in [3.63, 3.8) is 0 Å². The van der Waals surface area contributed by atoms with E-state index in [1.807, 2.05) is 53.1 Å². The van der Waals surface area contributed by atoms with Crippen LogP contribution in [-0.2, 0) is 13.6 Å². The Bertz CT molecular complexity index is 1690. The van der Waals surface area contributed by atoms with Crippen molar-refractivity contribution >= 4 is 34.6 Å². The molecule has 2 aromatic carbocycles. The molecule has 1 aliphatic heterocycles. The molecule has 13 heteroatoms. The molecule has 0 bridgehead atoms. The standard InChI is InChI=1S/C26H28N10O2S/c1-32-22-21(23(37)28-25(32)38)35(13-8-18-39-26-29-30-31-36(26)20-11-6-3-7-12-20)24(27-22)34-16-14-33(15-17-34)19-9-4-2-5-10-19/h2-7,9-12H,8,13-18H2,1H3,(H,28,37,38). The number of hydrogen-bond donors (Lipinski definition) is 1. The van der Waals surface area contributed by atoms with Gasteiger partial charge in [0.05, 0.1) is 5.69 Å². The molecule has 5 aromatic rings. The lowest BCUT2D eigenvalue weighted by Crippen LogP contribution is -2.47. The minimum Gasteiger partial charge on any atom is -0.368 e. The SMILES string of the molecule is Cn1c(=O)[nH]c(=O)c2c1nc(N1CCN(c3ccccc3)CC1)n2CCCSc1nnnn1-c1ccccc1. The zero-order valence-electron chi connectivity index (χ0n) is 21.5. The Hall–Kier alpha value is -4.39. The second-order valence-corrected chi connectivity index (χ2v) is 10.3. The number of aromatic amines is 1. The van der Waals surface area contributed by atoms with Gasteiger partial charge < -0.3 is 14.4 Å². The van der Waals surface area contributed by atoms with E-state index in [1.165, 1.54) is 10.3 Å². The van der Waals surface area contributed by atoms with Crippen molar-refractivity contribution in [2.45, 2.75) is 18.1 Å². The fraction of sp³-hybridized carbons (Fsp3) is 0.308. The molecule has 6 rings (SSSR count). The lowest BCUT2D eigenvalue weighted by Gasteiger charge is -2.36. The van der Waals surface area contributed by atoms with E-state index in [-0.39, 0.29) is 0 Å². The Morgan fingerprint density at radius 3 is 2.28 bits per heavy atom. The molecular weight excluding hydrogens is 516 g/mol. The first-order valence-corrected chi connectivity index (χ1v) is 13.8. The molecule has 0 unspecified atom stereocenters.